The van der Waals surface area contributed by atoms with Crippen LogP contribution in [0.15, 0.2) is 128 Å². The molecule has 7 N–H and O–H groups in total. The fourth-order valence-electron chi connectivity index (χ4n) is 7.52. The maximum atomic E-state index is 14.5. The zero-order chi connectivity index (χ0) is 50.9. The Morgan fingerprint density at radius 2 is 1.17 bits per heavy atom. The zero-order valence-electron chi connectivity index (χ0n) is 40.2. The first kappa shape index (κ1) is 54.0. The molecule has 0 spiro atoms. The van der Waals surface area contributed by atoms with Gasteiger partial charge in [-0.15, -0.1) is 13.2 Å². The van der Waals surface area contributed by atoms with Gasteiger partial charge in [-0.1, -0.05) is 129 Å². The van der Waals surface area contributed by atoms with E-state index in [-0.39, 0.29) is 12.8 Å². The number of amides is 7. The third-order valence-electron chi connectivity index (χ3n) is 11.4. The third kappa shape index (κ3) is 15.0. The van der Waals surface area contributed by atoms with E-state index in [2.05, 4.69) is 50.4 Å². The molecule has 0 unspecified atom stereocenters. The van der Waals surface area contributed by atoms with Crippen LogP contribution in [0, 0.1) is 11.8 Å². The van der Waals surface area contributed by atoms with Crippen molar-refractivity contribution in [3.63, 3.8) is 0 Å². The Morgan fingerprint density at radius 3 is 1.65 bits per heavy atom. The number of carbonyl (C=O) groups excluding carboxylic acids is 8. The first-order valence-electron chi connectivity index (χ1n) is 22.7. The quantitative estimate of drug-likeness (QED) is 0.0550. The molecule has 8 atom stereocenters. The number of nitrogens with one attached hydrogen (secondary N) is 7. The predicted octanol–water partition coefficient (Wildman–Crippen LogP) is 3.99. The Morgan fingerprint density at radius 1 is 0.681 bits per heavy atom. The number of alkyl carbamates (subject to hydrolysis) is 1. The van der Waals surface area contributed by atoms with Crippen LogP contribution in [-0.4, -0.2) is 96.5 Å². The SMILES string of the molecule is C=C[C@@H](C)[C@@H](NC(=O)OC(C)(C)C)C(=O)N[C@@H](C)C(=O)N[C@@H](C(=O)N[C@H]1C/C=C/C[C@@H](C(=O)OC)NC(=O)[C@H](CC(=O)NC(c2ccccc2)(c2ccccc2)c2ccccc2)NC1=O)[C@H](C)C=C. The topological polar surface area (TPSA) is 239 Å². The highest BCUT2D eigenvalue weighted by atomic mass is 16.6. The van der Waals surface area contributed by atoms with Crippen molar-refractivity contribution in [3.8, 4) is 0 Å². The lowest BCUT2D eigenvalue weighted by Crippen LogP contribution is -2.60. The van der Waals surface area contributed by atoms with Crippen LogP contribution in [0.3, 0.4) is 0 Å². The minimum absolute atomic E-state index is 0.0547. The minimum Gasteiger partial charge on any atom is -0.467 e. The lowest BCUT2D eigenvalue weighted by atomic mass is 9.77. The molecule has 0 aromatic heterocycles. The lowest BCUT2D eigenvalue weighted by Gasteiger charge is -2.37. The number of methoxy groups -OCH3 is 1. The maximum absolute atomic E-state index is 14.5. The Kier molecular flexibility index (Phi) is 19.6. The van der Waals surface area contributed by atoms with Crippen LogP contribution in [0.2, 0.25) is 0 Å². The van der Waals surface area contributed by atoms with Crippen LogP contribution in [0.5, 0.6) is 0 Å². The predicted molar refractivity (Wildman–Crippen MR) is 260 cm³/mol. The highest BCUT2D eigenvalue weighted by Crippen LogP contribution is 2.37. The van der Waals surface area contributed by atoms with Gasteiger partial charge in [0.2, 0.25) is 35.4 Å². The summed E-state index contributed by atoms with van der Waals surface area (Å²) in [5.74, 6) is -6.74. The molecule has 1 aliphatic rings. The maximum Gasteiger partial charge on any atom is 0.408 e. The summed E-state index contributed by atoms with van der Waals surface area (Å²) in [4.78, 5) is 110. The van der Waals surface area contributed by atoms with Crippen LogP contribution in [0.1, 0.15) is 77.5 Å². The second kappa shape index (κ2) is 25.0. The molecule has 7 amide bonds. The molecule has 1 heterocycles. The molecule has 3 aromatic rings. The van der Waals surface area contributed by atoms with Crippen LogP contribution < -0.4 is 37.2 Å². The van der Waals surface area contributed by atoms with Crippen molar-refractivity contribution >= 4 is 47.5 Å². The van der Waals surface area contributed by atoms with Crippen molar-refractivity contribution < 1.29 is 47.8 Å². The van der Waals surface area contributed by atoms with E-state index in [9.17, 15) is 38.4 Å². The van der Waals surface area contributed by atoms with Gasteiger partial charge in [-0.05, 0) is 57.2 Å². The van der Waals surface area contributed by atoms with E-state index in [1.165, 1.54) is 19.1 Å². The minimum atomic E-state index is -1.58. The van der Waals surface area contributed by atoms with E-state index in [4.69, 9.17) is 9.47 Å². The molecular weight excluding hydrogens is 883 g/mol. The normalized spacial score (nSPS) is 19.0. The van der Waals surface area contributed by atoms with Gasteiger partial charge >= 0.3 is 12.1 Å². The molecule has 17 heteroatoms. The molecule has 0 aliphatic carbocycles. The van der Waals surface area contributed by atoms with Gasteiger partial charge < -0.3 is 46.7 Å². The highest BCUT2D eigenvalue weighted by molar-refractivity contribution is 5.98. The summed E-state index contributed by atoms with van der Waals surface area (Å²) in [6.07, 6.45) is 4.31. The van der Waals surface area contributed by atoms with Crippen LogP contribution >= 0.6 is 0 Å². The van der Waals surface area contributed by atoms with Crippen molar-refractivity contribution in [2.45, 2.75) is 108 Å². The first-order valence-corrected chi connectivity index (χ1v) is 22.7. The zero-order valence-corrected chi connectivity index (χ0v) is 40.2. The van der Waals surface area contributed by atoms with Gasteiger partial charge in [-0.2, -0.15) is 0 Å². The van der Waals surface area contributed by atoms with E-state index in [1.807, 2.05) is 91.0 Å². The average molecular weight is 948 g/mol. The molecule has 0 saturated heterocycles. The smallest absolute Gasteiger partial charge is 0.408 e. The van der Waals surface area contributed by atoms with Crippen LogP contribution in [-0.2, 0) is 48.6 Å². The largest absolute Gasteiger partial charge is 0.467 e. The Labute approximate surface area is 403 Å². The second-order valence-corrected chi connectivity index (χ2v) is 17.8. The summed E-state index contributed by atoms with van der Waals surface area (Å²) in [7, 11) is 1.16. The summed E-state index contributed by atoms with van der Waals surface area (Å²) >= 11 is 0. The number of hydrogen-bond donors (Lipinski definition) is 7. The molecule has 0 bridgehead atoms. The molecule has 17 nitrogen and oxygen atoms in total. The van der Waals surface area contributed by atoms with Crippen molar-refractivity contribution in [3.05, 3.63) is 145 Å². The monoisotopic (exact) mass is 947 g/mol. The second-order valence-electron chi connectivity index (χ2n) is 17.8. The first-order chi connectivity index (χ1) is 32.7. The van der Waals surface area contributed by atoms with Crippen LogP contribution in [0.25, 0.3) is 0 Å². The van der Waals surface area contributed by atoms with Crippen molar-refractivity contribution in [1.29, 1.82) is 0 Å². The fraction of sp³-hybridized carbons (Fsp3) is 0.385. The summed E-state index contributed by atoms with van der Waals surface area (Å²) in [6.45, 7) is 17.1. The van der Waals surface area contributed by atoms with Crippen molar-refractivity contribution in [2.24, 2.45) is 11.8 Å². The molecule has 69 heavy (non-hydrogen) atoms. The summed E-state index contributed by atoms with van der Waals surface area (Å²) in [5.41, 5.74) is 0.00886. The van der Waals surface area contributed by atoms with Crippen LogP contribution in [0.4, 0.5) is 4.79 Å². The summed E-state index contributed by atoms with van der Waals surface area (Å²) in [5, 5.41) is 18.8. The number of rotatable bonds is 18. The van der Waals surface area contributed by atoms with Gasteiger partial charge in [0.1, 0.15) is 47.4 Å². The number of benzene rings is 3. The van der Waals surface area contributed by atoms with Gasteiger partial charge in [-0.25, -0.2) is 9.59 Å². The van der Waals surface area contributed by atoms with E-state index in [0.29, 0.717) is 16.7 Å². The summed E-state index contributed by atoms with van der Waals surface area (Å²) < 4.78 is 10.3. The number of hydrogen-bond acceptors (Lipinski definition) is 10. The van der Waals surface area contributed by atoms with Gasteiger partial charge in [-0.3, -0.25) is 28.8 Å². The molecule has 0 radical (unpaired) electrons. The number of carbonyl (C=O) groups is 8. The van der Waals surface area contributed by atoms with Gasteiger partial charge in [0, 0.05) is 11.8 Å². The Bertz CT molecular complexity index is 2240. The molecule has 4 rings (SSSR count). The Hall–Kier alpha value is -7.56. The Balaban J connectivity index is 1.61. The molecular formula is C52H65N7O10. The van der Waals surface area contributed by atoms with Crippen molar-refractivity contribution in [2.75, 3.05) is 7.11 Å². The van der Waals surface area contributed by atoms with Gasteiger partial charge in [0.25, 0.3) is 0 Å². The molecule has 1 aliphatic heterocycles. The van der Waals surface area contributed by atoms with E-state index < -0.39 is 113 Å². The summed E-state index contributed by atoms with van der Waals surface area (Å²) in [6, 6.07) is 20.0. The molecule has 0 saturated carbocycles. The lowest BCUT2D eigenvalue weighted by molar-refractivity contribution is -0.145. The van der Waals surface area contributed by atoms with Crippen molar-refractivity contribution in [1.82, 2.24) is 37.2 Å². The standard InChI is InChI=1S/C52H65N7O10/c1-10-32(3)42(57-44(61)34(5)53-47(64)43(33(4)11-2)58-50(67)69-51(6,7)8)48(65)54-38-29-21-22-30-39(49(66)68-9)55-46(63)40(56-45(38)62)31-41(60)59-52(35-23-15-12-16-24-35,36-25-17-13-18-26-36)37-27-19-14-20-28-37/h10-28,32-34,38-40,42-43H,1-2,29-31H2,3-9H3,(H,53,64)(H,54,65)(H,55,63)(H,56,62)(H,57,61)(H,58,67)(H,59,60)/b22-21+/t32-,33-,34+,38+,39+,40+,42-,43-/m1/s1. The highest BCUT2D eigenvalue weighted by Gasteiger charge is 2.40. The van der Waals surface area contributed by atoms with E-state index in [0.717, 1.165) is 7.11 Å². The molecule has 3 aromatic carbocycles. The molecule has 368 valence electrons. The van der Waals surface area contributed by atoms with E-state index in [1.54, 1.807) is 46.8 Å². The van der Waals surface area contributed by atoms with Gasteiger partial charge in [0.15, 0.2) is 0 Å². The third-order valence-corrected chi connectivity index (χ3v) is 11.4. The number of esters is 1. The molecule has 0 fully saturated rings. The van der Waals surface area contributed by atoms with E-state index >= 15 is 0 Å². The average Bonchev–Trinajstić information content (AvgIpc) is 3.35. The fourth-order valence-corrected chi connectivity index (χ4v) is 7.52. The van der Waals surface area contributed by atoms with Gasteiger partial charge in [0.05, 0.1) is 13.5 Å². The number of ether oxygens (including phenoxy) is 2.